The summed E-state index contributed by atoms with van der Waals surface area (Å²) >= 11 is 0. The zero-order valence-electron chi connectivity index (χ0n) is 15.0. The predicted octanol–water partition coefficient (Wildman–Crippen LogP) is 3.81. The van der Waals surface area contributed by atoms with Gasteiger partial charge >= 0.3 is 12.1 Å². The van der Waals surface area contributed by atoms with Crippen molar-refractivity contribution in [3.8, 4) is 11.8 Å². The van der Waals surface area contributed by atoms with E-state index >= 15 is 0 Å². The molecule has 0 radical (unpaired) electrons. The maximum atomic E-state index is 11.6. The number of hydrogen-bond acceptors (Lipinski definition) is 3. The number of hydrogen-bond donors (Lipinski definition) is 2. The van der Waals surface area contributed by atoms with E-state index in [1.165, 1.54) is 12.1 Å². The van der Waals surface area contributed by atoms with Gasteiger partial charge in [0.05, 0.1) is 5.56 Å². The molecule has 2 aromatic carbocycles. The number of alkyl carbamates (subject to hydrolysis) is 1. The summed E-state index contributed by atoms with van der Waals surface area (Å²) in [7, 11) is 0. The van der Waals surface area contributed by atoms with Gasteiger partial charge in [-0.3, -0.25) is 0 Å². The van der Waals surface area contributed by atoms with Crippen molar-refractivity contribution in [1.29, 1.82) is 0 Å². The highest BCUT2D eigenvalue weighted by Gasteiger charge is 2.15. The van der Waals surface area contributed by atoms with Gasteiger partial charge in [0, 0.05) is 17.7 Å². The normalized spacial score (nSPS) is 10.4. The van der Waals surface area contributed by atoms with Gasteiger partial charge in [-0.1, -0.05) is 24.0 Å². The molecule has 0 aliphatic carbocycles. The molecule has 0 spiro atoms. The molecule has 134 valence electrons. The van der Waals surface area contributed by atoms with Crippen molar-refractivity contribution in [2.24, 2.45) is 0 Å². The molecule has 2 rings (SSSR count). The predicted molar refractivity (Wildman–Crippen MR) is 98.9 cm³/mol. The lowest BCUT2D eigenvalue weighted by molar-refractivity contribution is 0.0523. The van der Waals surface area contributed by atoms with Crippen LogP contribution >= 0.6 is 0 Å². The van der Waals surface area contributed by atoms with Gasteiger partial charge in [0.2, 0.25) is 0 Å². The van der Waals surface area contributed by atoms with E-state index in [2.05, 4.69) is 17.2 Å². The number of carboxylic acid groups (broad SMARTS) is 1. The van der Waals surface area contributed by atoms with Crippen molar-refractivity contribution < 1.29 is 19.4 Å². The Bertz CT molecular complexity index is 835. The van der Waals surface area contributed by atoms with Crippen LogP contribution in [-0.2, 0) is 11.3 Å². The number of benzene rings is 2. The molecule has 5 nitrogen and oxygen atoms in total. The van der Waals surface area contributed by atoms with Gasteiger partial charge in [-0.2, -0.15) is 0 Å². The van der Waals surface area contributed by atoms with Crippen molar-refractivity contribution >= 4 is 12.1 Å². The minimum absolute atomic E-state index is 0.234. The van der Waals surface area contributed by atoms with Crippen LogP contribution in [0.3, 0.4) is 0 Å². The van der Waals surface area contributed by atoms with Crippen LogP contribution in [0.2, 0.25) is 0 Å². The Hall–Kier alpha value is -3.26. The fraction of sp³-hybridized carbons (Fsp3) is 0.238. The van der Waals surface area contributed by atoms with Crippen molar-refractivity contribution in [2.45, 2.75) is 32.9 Å². The summed E-state index contributed by atoms with van der Waals surface area (Å²) in [5.74, 6) is 5.05. The third kappa shape index (κ3) is 6.33. The lowest BCUT2D eigenvalue weighted by Gasteiger charge is -2.19. The summed E-state index contributed by atoms with van der Waals surface area (Å²) in [6, 6.07) is 13.9. The standard InChI is InChI=1S/C21H21NO4/c1-21(2,3)26-20(25)22-14-17-8-6-15(7-9-17)4-5-16-10-12-18(13-11-16)19(23)24/h6-13H,14H2,1-3H3,(H,22,25)(H,23,24). The van der Waals surface area contributed by atoms with Crippen molar-refractivity contribution in [2.75, 3.05) is 0 Å². The Morgan fingerprint density at radius 2 is 1.46 bits per heavy atom. The van der Waals surface area contributed by atoms with Gasteiger partial charge in [-0.25, -0.2) is 9.59 Å². The first kappa shape index (κ1) is 19.1. The minimum atomic E-state index is -0.958. The molecule has 0 aliphatic rings. The molecule has 0 heterocycles. The Morgan fingerprint density at radius 1 is 0.962 bits per heavy atom. The van der Waals surface area contributed by atoms with Gasteiger partial charge in [0.1, 0.15) is 5.60 Å². The molecule has 0 unspecified atom stereocenters. The van der Waals surface area contributed by atoms with Gasteiger partial charge in [-0.05, 0) is 62.7 Å². The summed E-state index contributed by atoms with van der Waals surface area (Å²) < 4.78 is 5.18. The number of ether oxygens (including phenoxy) is 1. The summed E-state index contributed by atoms with van der Waals surface area (Å²) in [5, 5.41) is 11.6. The maximum Gasteiger partial charge on any atom is 0.407 e. The van der Waals surface area contributed by atoms with E-state index in [9.17, 15) is 9.59 Å². The van der Waals surface area contributed by atoms with E-state index in [1.807, 2.05) is 45.0 Å². The first-order valence-electron chi connectivity index (χ1n) is 8.14. The molecular weight excluding hydrogens is 330 g/mol. The highest BCUT2D eigenvalue weighted by Crippen LogP contribution is 2.08. The molecule has 1 amide bonds. The fourth-order valence-corrected chi connectivity index (χ4v) is 2.03. The summed E-state index contributed by atoms with van der Waals surface area (Å²) in [6.07, 6.45) is -0.453. The van der Waals surface area contributed by atoms with Crippen molar-refractivity contribution in [1.82, 2.24) is 5.32 Å². The number of rotatable bonds is 3. The second-order valence-electron chi connectivity index (χ2n) is 6.68. The molecule has 5 heteroatoms. The summed E-state index contributed by atoms with van der Waals surface area (Å²) in [4.78, 5) is 22.4. The smallest absolute Gasteiger partial charge is 0.407 e. The van der Waals surface area contributed by atoms with Crippen molar-refractivity contribution in [3.63, 3.8) is 0 Å². The Balaban J connectivity index is 1.93. The molecule has 0 saturated heterocycles. The molecule has 26 heavy (non-hydrogen) atoms. The molecule has 0 bridgehead atoms. The molecule has 0 saturated carbocycles. The van der Waals surface area contributed by atoms with E-state index in [0.717, 1.165) is 16.7 Å². The van der Waals surface area contributed by atoms with E-state index in [-0.39, 0.29) is 5.56 Å². The number of amides is 1. The van der Waals surface area contributed by atoms with Crippen LogP contribution in [0, 0.1) is 11.8 Å². The zero-order valence-corrected chi connectivity index (χ0v) is 15.0. The van der Waals surface area contributed by atoms with Crippen LogP contribution in [0.1, 0.15) is 47.8 Å². The highest BCUT2D eigenvalue weighted by atomic mass is 16.6. The molecule has 0 aromatic heterocycles. The van der Waals surface area contributed by atoms with E-state index in [1.54, 1.807) is 12.1 Å². The molecule has 0 atom stereocenters. The number of carbonyl (C=O) groups is 2. The molecule has 0 aliphatic heterocycles. The Morgan fingerprint density at radius 3 is 1.92 bits per heavy atom. The minimum Gasteiger partial charge on any atom is -0.478 e. The quantitative estimate of drug-likeness (QED) is 0.825. The third-order valence-electron chi connectivity index (χ3n) is 3.27. The molecular formula is C21H21NO4. The van der Waals surface area contributed by atoms with Gasteiger partial charge < -0.3 is 15.2 Å². The molecule has 0 fully saturated rings. The first-order valence-corrected chi connectivity index (χ1v) is 8.14. The topological polar surface area (TPSA) is 75.6 Å². The monoisotopic (exact) mass is 351 g/mol. The number of nitrogens with one attached hydrogen (secondary N) is 1. The average Bonchev–Trinajstić information content (AvgIpc) is 2.58. The van der Waals surface area contributed by atoms with E-state index in [4.69, 9.17) is 9.84 Å². The second-order valence-corrected chi connectivity index (χ2v) is 6.68. The largest absolute Gasteiger partial charge is 0.478 e. The molecule has 2 aromatic rings. The lowest BCUT2D eigenvalue weighted by Crippen LogP contribution is -2.32. The van der Waals surface area contributed by atoms with Crippen LogP contribution in [0.5, 0.6) is 0 Å². The summed E-state index contributed by atoms with van der Waals surface area (Å²) in [5.41, 5.74) is 2.22. The second kappa shape index (κ2) is 8.21. The van der Waals surface area contributed by atoms with Crippen molar-refractivity contribution in [3.05, 3.63) is 70.8 Å². The van der Waals surface area contributed by atoms with Crippen LogP contribution in [-0.4, -0.2) is 22.8 Å². The number of carbonyl (C=O) groups excluding carboxylic acids is 1. The van der Waals surface area contributed by atoms with E-state index in [0.29, 0.717) is 6.54 Å². The summed E-state index contributed by atoms with van der Waals surface area (Å²) in [6.45, 7) is 5.82. The van der Waals surface area contributed by atoms with Gasteiger partial charge in [0.15, 0.2) is 0 Å². The van der Waals surface area contributed by atoms with Gasteiger partial charge in [-0.15, -0.1) is 0 Å². The van der Waals surface area contributed by atoms with Crippen LogP contribution in [0.25, 0.3) is 0 Å². The zero-order chi connectivity index (χ0) is 19.2. The van der Waals surface area contributed by atoms with Crippen LogP contribution < -0.4 is 5.32 Å². The van der Waals surface area contributed by atoms with Crippen LogP contribution in [0.15, 0.2) is 48.5 Å². The number of carboxylic acids is 1. The third-order valence-corrected chi connectivity index (χ3v) is 3.27. The Labute approximate surface area is 153 Å². The maximum absolute atomic E-state index is 11.6. The van der Waals surface area contributed by atoms with Crippen LogP contribution in [0.4, 0.5) is 4.79 Å². The number of aromatic carboxylic acids is 1. The van der Waals surface area contributed by atoms with E-state index < -0.39 is 17.7 Å². The fourth-order valence-electron chi connectivity index (χ4n) is 2.03. The lowest BCUT2D eigenvalue weighted by atomic mass is 10.1. The highest BCUT2D eigenvalue weighted by molar-refractivity contribution is 5.87. The van der Waals surface area contributed by atoms with Gasteiger partial charge in [0.25, 0.3) is 0 Å². The Kier molecular flexibility index (Phi) is 6.03. The average molecular weight is 351 g/mol. The SMILES string of the molecule is CC(C)(C)OC(=O)NCc1ccc(C#Cc2ccc(C(=O)O)cc2)cc1. The first-order chi connectivity index (χ1) is 12.2. The molecule has 2 N–H and O–H groups in total.